The van der Waals surface area contributed by atoms with Gasteiger partial charge in [-0.2, -0.15) is 0 Å². The Morgan fingerprint density at radius 3 is 3.06 bits per heavy atom. The molecule has 1 aromatic heterocycles. The molecule has 6 heteroatoms. The number of hydrogen-bond donors (Lipinski definition) is 2. The maximum Gasteiger partial charge on any atom is 0.182 e. The molecule has 0 saturated heterocycles. The lowest BCUT2D eigenvalue weighted by Crippen LogP contribution is -2.13. The van der Waals surface area contributed by atoms with Gasteiger partial charge >= 0.3 is 0 Å². The van der Waals surface area contributed by atoms with Crippen molar-refractivity contribution in [1.82, 2.24) is 4.98 Å². The Morgan fingerprint density at radius 1 is 1.56 bits per heavy atom. The summed E-state index contributed by atoms with van der Waals surface area (Å²) in [6.07, 6.45) is 1.00. The summed E-state index contributed by atoms with van der Waals surface area (Å²) >= 11 is 7.40. The lowest BCUT2D eigenvalue weighted by molar-refractivity contribution is 0.187. The molecule has 0 aliphatic rings. The maximum atomic E-state index is 10.1. The minimum atomic E-state index is -0.706. The van der Waals surface area contributed by atoms with Crippen LogP contribution in [0.2, 0.25) is 5.02 Å². The van der Waals surface area contributed by atoms with Crippen molar-refractivity contribution in [3.05, 3.63) is 40.4 Å². The average Bonchev–Trinajstić information content (AvgIpc) is 2.89. The zero-order valence-electron chi connectivity index (χ0n) is 9.76. The summed E-state index contributed by atoms with van der Waals surface area (Å²) in [7, 11) is 1.56. The second-order valence-corrected chi connectivity index (χ2v) is 4.95. The fourth-order valence-corrected chi connectivity index (χ4v) is 2.29. The van der Waals surface area contributed by atoms with E-state index in [4.69, 9.17) is 16.3 Å². The highest BCUT2D eigenvalue weighted by atomic mass is 35.5. The Morgan fingerprint density at radius 2 is 2.39 bits per heavy atom. The van der Waals surface area contributed by atoms with E-state index in [-0.39, 0.29) is 0 Å². The van der Waals surface area contributed by atoms with Crippen molar-refractivity contribution < 1.29 is 9.84 Å². The minimum absolute atomic E-state index is 0.351. The van der Waals surface area contributed by atoms with Crippen LogP contribution in [0.3, 0.4) is 0 Å². The van der Waals surface area contributed by atoms with Gasteiger partial charge in [-0.3, -0.25) is 0 Å². The summed E-state index contributed by atoms with van der Waals surface area (Å²) in [6.45, 7) is 0.351. The van der Waals surface area contributed by atoms with Crippen molar-refractivity contribution in [1.29, 1.82) is 0 Å². The summed E-state index contributed by atoms with van der Waals surface area (Å²) in [4.78, 5) is 4.08. The van der Waals surface area contributed by atoms with Crippen LogP contribution in [0.15, 0.2) is 29.8 Å². The number of anilines is 1. The van der Waals surface area contributed by atoms with Gasteiger partial charge < -0.3 is 15.2 Å². The largest absolute Gasteiger partial charge is 0.496 e. The van der Waals surface area contributed by atoms with Gasteiger partial charge in [0.15, 0.2) is 5.13 Å². The molecule has 0 radical (unpaired) electrons. The number of thiazole rings is 1. The van der Waals surface area contributed by atoms with Gasteiger partial charge in [0, 0.05) is 28.7 Å². The smallest absolute Gasteiger partial charge is 0.182 e. The number of aliphatic hydroxyl groups is 1. The van der Waals surface area contributed by atoms with Crippen molar-refractivity contribution in [2.45, 2.75) is 6.10 Å². The predicted octanol–water partition coefficient (Wildman–Crippen LogP) is 2.95. The van der Waals surface area contributed by atoms with E-state index in [9.17, 15) is 5.11 Å². The highest BCUT2D eigenvalue weighted by Gasteiger charge is 2.14. The molecule has 1 atom stereocenters. The molecular weight excluding hydrogens is 272 g/mol. The summed E-state index contributed by atoms with van der Waals surface area (Å²) in [5, 5.41) is 16.4. The molecule has 2 aromatic rings. The molecule has 0 unspecified atom stereocenters. The third-order valence-corrected chi connectivity index (χ3v) is 3.40. The number of nitrogens with one attached hydrogen (secondary N) is 1. The lowest BCUT2D eigenvalue weighted by Gasteiger charge is -2.15. The Labute approximate surface area is 114 Å². The molecule has 18 heavy (non-hydrogen) atoms. The molecule has 0 spiro atoms. The van der Waals surface area contributed by atoms with E-state index in [1.165, 1.54) is 11.3 Å². The SMILES string of the molecule is COc1ccc(Cl)cc1[C@@H](O)CNc1nccs1. The van der Waals surface area contributed by atoms with E-state index in [1.54, 1.807) is 31.5 Å². The molecule has 4 nitrogen and oxygen atoms in total. The number of aliphatic hydroxyl groups excluding tert-OH is 1. The van der Waals surface area contributed by atoms with Crippen LogP contribution in [-0.2, 0) is 0 Å². The number of rotatable bonds is 5. The summed E-state index contributed by atoms with van der Waals surface area (Å²) < 4.78 is 5.20. The number of nitrogens with zero attached hydrogens (tertiary/aromatic N) is 1. The Balaban J connectivity index is 2.08. The quantitative estimate of drug-likeness (QED) is 0.886. The Hall–Kier alpha value is -1.30. The van der Waals surface area contributed by atoms with Gasteiger partial charge in [0.2, 0.25) is 0 Å². The van der Waals surface area contributed by atoms with E-state index in [2.05, 4.69) is 10.3 Å². The molecule has 2 N–H and O–H groups in total. The van der Waals surface area contributed by atoms with E-state index in [0.717, 1.165) is 5.13 Å². The fourth-order valence-electron chi connectivity index (χ4n) is 1.57. The summed E-state index contributed by atoms with van der Waals surface area (Å²) in [5.74, 6) is 0.618. The van der Waals surface area contributed by atoms with Crippen LogP contribution in [0.1, 0.15) is 11.7 Å². The molecular formula is C12H13ClN2O2S. The van der Waals surface area contributed by atoms with Gasteiger partial charge in [0.25, 0.3) is 0 Å². The van der Waals surface area contributed by atoms with Gasteiger partial charge in [-0.15, -0.1) is 11.3 Å². The molecule has 0 aliphatic heterocycles. The Kier molecular flexibility index (Phi) is 4.41. The van der Waals surface area contributed by atoms with E-state index >= 15 is 0 Å². The maximum absolute atomic E-state index is 10.1. The normalized spacial score (nSPS) is 12.2. The molecule has 0 amide bonds. The van der Waals surface area contributed by atoms with E-state index < -0.39 is 6.10 Å². The molecule has 0 aliphatic carbocycles. The van der Waals surface area contributed by atoms with Gasteiger partial charge in [0.1, 0.15) is 5.75 Å². The van der Waals surface area contributed by atoms with Gasteiger partial charge in [-0.05, 0) is 18.2 Å². The first-order chi connectivity index (χ1) is 8.70. The zero-order chi connectivity index (χ0) is 13.0. The van der Waals surface area contributed by atoms with Crippen LogP contribution in [0.5, 0.6) is 5.75 Å². The van der Waals surface area contributed by atoms with Crippen molar-refractivity contribution in [3.8, 4) is 5.75 Å². The number of halogens is 1. The highest BCUT2D eigenvalue weighted by molar-refractivity contribution is 7.13. The number of methoxy groups -OCH3 is 1. The molecule has 96 valence electrons. The molecule has 1 heterocycles. The van der Waals surface area contributed by atoms with Gasteiger partial charge in [-0.1, -0.05) is 11.6 Å². The standard InChI is InChI=1S/C12H13ClN2O2S/c1-17-11-3-2-8(13)6-9(11)10(16)7-15-12-14-4-5-18-12/h2-6,10,16H,7H2,1H3,(H,14,15)/t10-/m0/s1. The highest BCUT2D eigenvalue weighted by Crippen LogP contribution is 2.28. The van der Waals surface area contributed by atoms with Crippen molar-refractivity contribution >= 4 is 28.1 Å². The number of aromatic nitrogens is 1. The van der Waals surface area contributed by atoms with Gasteiger partial charge in [-0.25, -0.2) is 4.98 Å². The molecule has 1 aromatic carbocycles. The predicted molar refractivity (Wildman–Crippen MR) is 73.6 cm³/mol. The summed E-state index contributed by atoms with van der Waals surface area (Å²) in [5.41, 5.74) is 0.661. The molecule has 0 saturated carbocycles. The second kappa shape index (κ2) is 6.04. The Bertz CT molecular complexity index is 505. The van der Waals surface area contributed by atoms with Crippen LogP contribution in [0.4, 0.5) is 5.13 Å². The first-order valence-electron chi connectivity index (χ1n) is 5.35. The van der Waals surface area contributed by atoms with Crippen LogP contribution in [-0.4, -0.2) is 23.7 Å². The average molecular weight is 285 g/mol. The first-order valence-corrected chi connectivity index (χ1v) is 6.61. The number of ether oxygens (including phenoxy) is 1. The van der Waals surface area contributed by atoms with Crippen LogP contribution < -0.4 is 10.1 Å². The van der Waals surface area contributed by atoms with E-state index in [0.29, 0.717) is 22.9 Å². The molecule has 0 bridgehead atoms. The van der Waals surface area contributed by atoms with E-state index in [1.807, 2.05) is 5.38 Å². The van der Waals surface area contributed by atoms with Crippen LogP contribution in [0, 0.1) is 0 Å². The molecule has 0 fully saturated rings. The van der Waals surface area contributed by atoms with Crippen LogP contribution >= 0.6 is 22.9 Å². The topological polar surface area (TPSA) is 54.4 Å². The first kappa shape index (κ1) is 13.1. The lowest BCUT2D eigenvalue weighted by atomic mass is 10.1. The van der Waals surface area contributed by atoms with Crippen molar-refractivity contribution in [2.75, 3.05) is 19.0 Å². The number of benzene rings is 1. The number of hydrogen-bond acceptors (Lipinski definition) is 5. The monoisotopic (exact) mass is 284 g/mol. The zero-order valence-corrected chi connectivity index (χ0v) is 11.3. The fraction of sp³-hybridized carbons (Fsp3) is 0.250. The van der Waals surface area contributed by atoms with Crippen molar-refractivity contribution in [3.63, 3.8) is 0 Å². The van der Waals surface area contributed by atoms with Gasteiger partial charge in [0.05, 0.1) is 13.2 Å². The second-order valence-electron chi connectivity index (χ2n) is 3.62. The molecule has 2 rings (SSSR count). The summed E-state index contributed by atoms with van der Waals surface area (Å²) in [6, 6.07) is 5.17. The third kappa shape index (κ3) is 3.13. The van der Waals surface area contributed by atoms with Crippen molar-refractivity contribution in [2.24, 2.45) is 0 Å². The van der Waals surface area contributed by atoms with Crippen LogP contribution in [0.25, 0.3) is 0 Å². The third-order valence-electron chi connectivity index (χ3n) is 2.43. The minimum Gasteiger partial charge on any atom is -0.496 e.